The van der Waals surface area contributed by atoms with E-state index in [1.165, 1.54) is 5.56 Å². The van der Waals surface area contributed by atoms with Crippen LogP contribution in [0.5, 0.6) is 0 Å². The molecule has 1 aromatic rings. The van der Waals surface area contributed by atoms with Crippen molar-refractivity contribution in [1.29, 1.82) is 0 Å². The van der Waals surface area contributed by atoms with Crippen molar-refractivity contribution in [3.8, 4) is 0 Å². The summed E-state index contributed by atoms with van der Waals surface area (Å²) in [6.07, 6.45) is 3.58. The van der Waals surface area contributed by atoms with Crippen LogP contribution in [0.4, 0.5) is 0 Å². The Morgan fingerprint density at radius 3 is 2.67 bits per heavy atom. The fraction of sp³-hybridized carbons (Fsp3) is 0.500. The van der Waals surface area contributed by atoms with Crippen LogP contribution in [-0.2, 0) is 11.2 Å². The summed E-state index contributed by atoms with van der Waals surface area (Å²) in [5.41, 5.74) is 7.04. The number of carbonyl (C=O) groups excluding carboxylic acids is 1. The quantitative estimate of drug-likeness (QED) is 0.791. The number of nitrogens with two attached hydrogens (primary N) is 1. The molecule has 0 radical (unpaired) electrons. The number of hydrogen-bond donors (Lipinski definition) is 2. The molecule has 3 N–H and O–H groups in total. The topological polar surface area (TPSA) is 55.1 Å². The number of benzene rings is 1. The van der Waals surface area contributed by atoms with Gasteiger partial charge in [-0.25, -0.2) is 0 Å². The van der Waals surface area contributed by atoms with Gasteiger partial charge in [-0.15, -0.1) is 0 Å². The third kappa shape index (κ3) is 5.56. The lowest BCUT2D eigenvalue weighted by atomic mass is 10.1. The van der Waals surface area contributed by atoms with Crippen LogP contribution in [0.2, 0.25) is 0 Å². The lowest BCUT2D eigenvalue weighted by molar-refractivity contribution is -0.122. The van der Waals surface area contributed by atoms with Crippen molar-refractivity contribution in [2.45, 2.75) is 31.8 Å². The second-order valence-electron chi connectivity index (χ2n) is 4.49. The van der Waals surface area contributed by atoms with Gasteiger partial charge in [0, 0.05) is 6.04 Å². The fourth-order valence-electron chi connectivity index (χ4n) is 1.74. The third-order valence-corrected chi connectivity index (χ3v) is 3.39. The van der Waals surface area contributed by atoms with E-state index in [9.17, 15) is 4.79 Å². The van der Waals surface area contributed by atoms with E-state index < -0.39 is 6.04 Å². The van der Waals surface area contributed by atoms with E-state index in [0.717, 1.165) is 18.6 Å². The minimum atomic E-state index is -0.393. The number of rotatable bonds is 7. The van der Waals surface area contributed by atoms with Gasteiger partial charge in [-0.3, -0.25) is 4.79 Å². The van der Waals surface area contributed by atoms with E-state index in [0.29, 0.717) is 0 Å². The first-order valence-electron chi connectivity index (χ1n) is 6.22. The maximum absolute atomic E-state index is 11.8. The lowest BCUT2D eigenvalue weighted by Crippen LogP contribution is -2.45. The predicted octanol–water partition coefficient (Wildman–Crippen LogP) is 1.81. The third-order valence-electron chi connectivity index (χ3n) is 2.74. The zero-order chi connectivity index (χ0) is 13.4. The van der Waals surface area contributed by atoms with Gasteiger partial charge in [0.15, 0.2) is 0 Å². The number of carbonyl (C=O) groups is 1. The SMILES string of the molecule is CSCC[C@@H](N)C(=O)NC(C)Cc1ccccc1. The smallest absolute Gasteiger partial charge is 0.237 e. The van der Waals surface area contributed by atoms with Gasteiger partial charge in [0.05, 0.1) is 6.04 Å². The summed E-state index contributed by atoms with van der Waals surface area (Å²) in [6.45, 7) is 2.01. The summed E-state index contributed by atoms with van der Waals surface area (Å²) in [5.74, 6) is 0.870. The van der Waals surface area contributed by atoms with Gasteiger partial charge in [-0.1, -0.05) is 30.3 Å². The van der Waals surface area contributed by atoms with Crippen LogP contribution in [0.25, 0.3) is 0 Å². The monoisotopic (exact) mass is 266 g/mol. The molecule has 3 nitrogen and oxygen atoms in total. The summed E-state index contributed by atoms with van der Waals surface area (Å²) in [5, 5.41) is 2.96. The maximum Gasteiger partial charge on any atom is 0.237 e. The molecule has 1 unspecified atom stereocenters. The molecule has 0 aliphatic rings. The Morgan fingerprint density at radius 1 is 1.39 bits per heavy atom. The molecule has 1 amide bonds. The molecule has 4 heteroatoms. The van der Waals surface area contributed by atoms with Crippen LogP contribution in [-0.4, -0.2) is 30.0 Å². The number of amides is 1. The molecule has 100 valence electrons. The molecular formula is C14H22N2OS. The molecule has 0 bridgehead atoms. The van der Waals surface area contributed by atoms with Crippen molar-refractivity contribution in [2.24, 2.45) is 5.73 Å². The van der Waals surface area contributed by atoms with Gasteiger partial charge in [-0.2, -0.15) is 11.8 Å². The molecule has 1 rings (SSSR count). The van der Waals surface area contributed by atoms with Crippen LogP contribution in [0, 0.1) is 0 Å². The Bertz CT molecular complexity index is 356. The minimum Gasteiger partial charge on any atom is -0.352 e. The Morgan fingerprint density at radius 2 is 2.06 bits per heavy atom. The molecule has 0 aliphatic heterocycles. The molecule has 18 heavy (non-hydrogen) atoms. The highest BCUT2D eigenvalue weighted by Crippen LogP contribution is 2.04. The van der Waals surface area contributed by atoms with E-state index in [4.69, 9.17) is 5.73 Å². The van der Waals surface area contributed by atoms with Gasteiger partial charge in [-0.05, 0) is 37.3 Å². The molecule has 2 atom stereocenters. The molecule has 0 heterocycles. The molecule has 0 saturated carbocycles. The van der Waals surface area contributed by atoms with E-state index in [-0.39, 0.29) is 11.9 Å². The first kappa shape index (κ1) is 15.1. The average molecular weight is 266 g/mol. The Hall–Kier alpha value is -1.00. The second-order valence-corrected chi connectivity index (χ2v) is 5.47. The average Bonchev–Trinajstić information content (AvgIpc) is 2.36. The first-order chi connectivity index (χ1) is 8.63. The highest BCUT2D eigenvalue weighted by atomic mass is 32.2. The summed E-state index contributed by atoms with van der Waals surface area (Å²) < 4.78 is 0. The summed E-state index contributed by atoms with van der Waals surface area (Å²) in [4.78, 5) is 11.8. The van der Waals surface area contributed by atoms with E-state index in [2.05, 4.69) is 17.4 Å². The van der Waals surface area contributed by atoms with Gasteiger partial charge in [0.1, 0.15) is 0 Å². The van der Waals surface area contributed by atoms with Crippen LogP contribution < -0.4 is 11.1 Å². The van der Waals surface area contributed by atoms with Crippen LogP contribution >= 0.6 is 11.8 Å². The van der Waals surface area contributed by atoms with Crippen molar-refractivity contribution < 1.29 is 4.79 Å². The van der Waals surface area contributed by atoms with Crippen molar-refractivity contribution in [1.82, 2.24) is 5.32 Å². The van der Waals surface area contributed by atoms with Crippen molar-refractivity contribution in [2.75, 3.05) is 12.0 Å². The number of hydrogen-bond acceptors (Lipinski definition) is 3. The van der Waals surface area contributed by atoms with E-state index >= 15 is 0 Å². The van der Waals surface area contributed by atoms with Crippen LogP contribution in [0.15, 0.2) is 30.3 Å². The molecule has 0 spiro atoms. The number of thioether (sulfide) groups is 1. The van der Waals surface area contributed by atoms with Crippen LogP contribution in [0.3, 0.4) is 0 Å². The Kier molecular flexibility index (Phi) is 6.83. The van der Waals surface area contributed by atoms with Crippen molar-refractivity contribution in [3.63, 3.8) is 0 Å². The number of nitrogens with one attached hydrogen (secondary N) is 1. The molecule has 0 fully saturated rings. The van der Waals surface area contributed by atoms with Gasteiger partial charge in [0.25, 0.3) is 0 Å². The summed E-state index contributed by atoms with van der Waals surface area (Å²) >= 11 is 1.71. The highest BCUT2D eigenvalue weighted by Gasteiger charge is 2.15. The molecule has 0 saturated heterocycles. The zero-order valence-electron chi connectivity index (χ0n) is 11.1. The lowest BCUT2D eigenvalue weighted by Gasteiger charge is -2.17. The van der Waals surface area contributed by atoms with Crippen LogP contribution in [0.1, 0.15) is 18.9 Å². The van der Waals surface area contributed by atoms with Gasteiger partial charge in [0.2, 0.25) is 5.91 Å². The minimum absolute atomic E-state index is 0.0486. The fourth-order valence-corrected chi connectivity index (χ4v) is 2.23. The van der Waals surface area contributed by atoms with Crippen molar-refractivity contribution in [3.05, 3.63) is 35.9 Å². The van der Waals surface area contributed by atoms with Gasteiger partial charge >= 0.3 is 0 Å². The first-order valence-corrected chi connectivity index (χ1v) is 7.61. The highest BCUT2D eigenvalue weighted by molar-refractivity contribution is 7.98. The molecule has 1 aromatic carbocycles. The molecule has 0 aromatic heterocycles. The zero-order valence-corrected chi connectivity index (χ0v) is 11.9. The van der Waals surface area contributed by atoms with Gasteiger partial charge < -0.3 is 11.1 Å². The molecular weight excluding hydrogens is 244 g/mol. The predicted molar refractivity (Wildman–Crippen MR) is 78.7 cm³/mol. The second kappa shape index (κ2) is 8.16. The summed E-state index contributed by atoms with van der Waals surface area (Å²) in [6, 6.07) is 9.86. The van der Waals surface area contributed by atoms with E-state index in [1.807, 2.05) is 31.4 Å². The van der Waals surface area contributed by atoms with Crippen molar-refractivity contribution >= 4 is 17.7 Å². The Balaban J connectivity index is 2.35. The Labute approximate surface area is 114 Å². The summed E-state index contributed by atoms with van der Waals surface area (Å²) in [7, 11) is 0. The maximum atomic E-state index is 11.8. The molecule has 0 aliphatic carbocycles. The largest absolute Gasteiger partial charge is 0.352 e. The normalized spacial score (nSPS) is 13.9. The standard InChI is InChI=1S/C14H22N2OS/c1-11(10-12-6-4-3-5-7-12)16-14(17)13(15)8-9-18-2/h3-7,11,13H,8-10,15H2,1-2H3,(H,16,17)/t11?,13-/m1/s1. The van der Waals surface area contributed by atoms with E-state index in [1.54, 1.807) is 11.8 Å².